The monoisotopic (exact) mass is 382 g/mol. The predicted molar refractivity (Wildman–Crippen MR) is 103 cm³/mol. The zero-order chi connectivity index (χ0) is 18.8. The van der Waals surface area contributed by atoms with E-state index in [9.17, 15) is 4.79 Å². The standard InChI is InChI=1S/C20H18N2O4S/c1-24-16-8-7-13(11-18(16)25-2)14-12-15(19-6-4-10-27-19)22(21-14)20(23)17-5-3-9-26-17/h3-11,15H,12H2,1-2H3/t15-/m1/s1. The van der Waals surface area contributed by atoms with Gasteiger partial charge in [-0.25, -0.2) is 5.01 Å². The van der Waals surface area contributed by atoms with Crippen LogP contribution in [-0.2, 0) is 0 Å². The van der Waals surface area contributed by atoms with E-state index in [4.69, 9.17) is 13.9 Å². The number of hydrogen-bond donors (Lipinski definition) is 0. The molecule has 27 heavy (non-hydrogen) atoms. The number of benzene rings is 1. The van der Waals surface area contributed by atoms with Crippen LogP contribution in [0.25, 0.3) is 0 Å². The molecule has 0 unspecified atom stereocenters. The van der Waals surface area contributed by atoms with Gasteiger partial charge in [0.05, 0.1) is 32.2 Å². The van der Waals surface area contributed by atoms with Crippen molar-refractivity contribution in [1.82, 2.24) is 5.01 Å². The van der Waals surface area contributed by atoms with E-state index in [-0.39, 0.29) is 17.7 Å². The topological polar surface area (TPSA) is 64.3 Å². The molecule has 2 aromatic heterocycles. The first-order valence-corrected chi connectivity index (χ1v) is 9.29. The highest BCUT2D eigenvalue weighted by Crippen LogP contribution is 2.37. The summed E-state index contributed by atoms with van der Waals surface area (Å²) >= 11 is 1.61. The van der Waals surface area contributed by atoms with E-state index in [0.717, 1.165) is 16.2 Å². The molecule has 1 aliphatic heterocycles. The van der Waals surface area contributed by atoms with Crippen molar-refractivity contribution in [3.63, 3.8) is 0 Å². The smallest absolute Gasteiger partial charge is 0.310 e. The van der Waals surface area contributed by atoms with Crippen LogP contribution >= 0.6 is 11.3 Å². The highest BCUT2D eigenvalue weighted by Gasteiger charge is 2.35. The van der Waals surface area contributed by atoms with Gasteiger partial charge in [0.15, 0.2) is 17.3 Å². The van der Waals surface area contributed by atoms with Gasteiger partial charge in [0.25, 0.3) is 0 Å². The molecule has 0 fully saturated rings. The molecule has 0 N–H and O–H groups in total. The highest BCUT2D eigenvalue weighted by molar-refractivity contribution is 7.10. The van der Waals surface area contributed by atoms with Crippen molar-refractivity contribution in [3.8, 4) is 11.5 Å². The lowest BCUT2D eigenvalue weighted by Gasteiger charge is -2.19. The fraction of sp³-hybridized carbons (Fsp3) is 0.200. The van der Waals surface area contributed by atoms with Crippen molar-refractivity contribution in [3.05, 3.63) is 70.3 Å². The lowest BCUT2D eigenvalue weighted by Crippen LogP contribution is -2.26. The first-order valence-electron chi connectivity index (χ1n) is 8.41. The van der Waals surface area contributed by atoms with Crippen LogP contribution < -0.4 is 9.47 Å². The maximum Gasteiger partial charge on any atom is 0.310 e. The SMILES string of the molecule is COc1ccc(C2=NN(C(=O)c3ccco3)[C@@H](c3cccs3)C2)cc1OC. The van der Waals surface area contributed by atoms with Crippen LogP contribution in [0.4, 0.5) is 0 Å². The third-order valence-corrected chi connectivity index (χ3v) is 5.41. The molecule has 0 aliphatic carbocycles. The Labute approximate surface area is 160 Å². The second-order valence-corrected chi connectivity index (χ2v) is 6.96. The summed E-state index contributed by atoms with van der Waals surface area (Å²) in [6, 6.07) is 12.8. The average molecular weight is 382 g/mol. The first kappa shape index (κ1) is 17.4. The van der Waals surface area contributed by atoms with Gasteiger partial charge in [0, 0.05) is 16.9 Å². The maximum atomic E-state index is 12.9. The molecule has 7 heteroatoms. The molecular formula is C20H18N2O4S. The lowest BCUT2D eigenvalue weighted by molar-refractivity contribution is 0.0681. The number of hydrogen-bond acceptors (Lipinski definition) is 6. The normalized spacial score (nSPS) is 16.3. The first-order chi connectivity index (χ1) is 13.2. The van der Waals surface area contributed by atoms with Crippen molar-refractivity contribution in [2.24, 2.45) is 5.10 Å². The Kier molecular flexibility index (Phi) is 4.68. The van der Waals surface area contributed by atoms with Crippen LogP contribution in [0.1, 0.15) is 33.5 Å². The third-order valence-electron chi connectivity index (χ3n) is 4.44. The number of furan rings is 1. The fourth-order valence-corrected chi connectivity index (χ4v) is 3.92. The Balaban J connectivity index is 1.71. The second-order valence-electron chi connectivity index (χ2n) is 5.98. The van der Waals surface area contributed by atoms with Crippen LogP contribution in [0.2, 0.25) is 0 Å². The number of carbonyl (C=O) groups is 1. The quantitative estimate of drug-likeness (QED) is 0.658. The Morgan fingerprint density at radius 1 is 1.19 bits per heavy atom. The van der Waals surface area contributed by atoms with Gasteiger partial charge in [0.2, 0.25) is 0 Å². The van der Waals surface area contributed by atoms with Gasteiger partial charge in [-0.1, -0.05) is 6.07 Å². The molecule has 4 rings (SSSR count). The number of methoxy groups -OCH3 is 2. The summed E-state index contributed by atoms with van der Waals surface area (Å²) in [6.07, 6.45) is 2.10. The number of nitrogens with zero attached hydrogens (tertiary/aromatic N) is 2. The molecule has 6 nitrogen and oxygen atoms in total. The summed E-state index contributed by atoms with van der Waals surface area (Å²) in [4.78, 5) is 14.0. The van der Waals surface area contributed by atoms with Gasteiger partial charge in [-0.05, 0) is 41.8 Å². The van der Waals surface area contributed by atoms with E-state index in [1.807, 2.05) is 35.7 Å². The average Bonchev–Trinajstić information content (AvgIpc) is 3.47. The van der Waals surface area contributed by atoms with Crippen molar-refractivity contribution < 1.29 is 18.7 Å². The van der Waals surface area contributed by atoms with Crippen molar-refractivity contribution >= 4 is 23.0 Å². The van der Waals surface area contributed by atoms with E-state index in [1.54, 1.807) is 37.7 Å². The van der Waals surface area contributed by atoms with Crippen LogP contribution in [0, 0.1) is 0 Å². The Morgan fingerprint density at radius 2 is 2.04 bits per heavy atom. The highest BCUT2D eigenvalue weighted by atomic mass is 32.1. The number of amides is 1. The molecule has 3 aromatic rings. The van der Waals surface area contributed by atoms with Gasteiger partial charge in [0.1, 0.15) is 0 Å². The van der Waals surface area contributed by atoms with E-state index in [2.05, 4.69) is 5.10 Å². The molecule has 1 aromatic carbocycles. The summed E-state index contributed by atoms with van der Waals surface area (Å²) in [7, 11) is 3.19. The fourth-order valence-electron chi connectivity index (χ4n) is 3.10. The lowest BCUT2D eigenvalue weighted by atomic mass is 10.0. The summed E-state index contributed by atoms with van der Waals surface area (Å²) in [6.45, 7) is 0. The molecule has 0 radical (unpaired) electrons. The molecule has 138 valence electrons. The van der Waals surface area contributed by atoms with Gasteiger partial charge in [-0.3, -0.25) is 4.79 Å². The number of thiophene rings is 1. The summed E-state index contributed by atoms with van der Waals surface area (Å²) in [5.41, 5.74) is 1.71. The molecule has 3 heterocycles. The number of rotatable bonds is 5. The second kappa shape index (κ2) is 7.28. The zero-order valence-corrected chi connectivity index (χ0v) is 15.7. The largest absolute Gasteiger partial charge is 0.493 e. The number of ether oxygens (including phenoxy) is 2. The molecule has 0 saturated heterocycles. The van der Waals surface area contributed by atoms with Crippen molar-refractivity contribution in [2.75, 3.05) is 14.2 Å². The van der Waals surface area contributed by atoms with E-state index in [0.29, 0.717) is 17.9 Å². The minimum atomic E-state index is -0.256. The van der Waals surface area contributed by atoms with Crippen molar-refractivity contribution in [2.45, 2.75) is 12.5 Å². The van der Waals surface area contributed by atoms with Gasteiger partial charge < -0.3 is 13.9 Å². The van der Waals surface area contributed by atoms with Crippen molar-refractivity contribution in [1.29, 1.82) is 0 Å². The Hall–Kier alpha value is -3.06. The van der Waals surface area contributed by atoms with Gasteiger partial charge >= 0.3 is 5.91 Å². The Bertz CT molecular complexity index is 964. The van der Waals surface area contributed by atoms with Crippen LogP contribution in [0.15, 0.2) is 63.6 Å². The van der Waals surface area contributed by atoms with Crippen LogP contribution in [-0.4, -0.2) is 30.8 Å². The molecule has 1 amide bonds. The van der Waals surface area contributed by atoms with Crippen LogP contribution in [0.3, 0.4) is 0 Å². The maximum absolute atomic E-state index is 12.9. The zero-order valence-electron chi connectivity index (χ0n) is 14.9. The molecular weight excluding hydrogens is 364 g/mol. The van der Waals surface area contributed by atoms with Crippen LogP contribution in [0.5, 0.6) is 11.5 Å². The van der Waals surface area contributed by atoms with E-state index in [1.165, 1.54) is 11.3 Å². The molecule has 1 atom stereocenters. The minimum Gasteiger partial charge on any atom is -0.493 e. The summed E-state index contributed by atoms with van der Waals surface area (Å²) < 4.78 is 16.0. The molecule has 0 bridgehead atoms. The molecule has 0 saturated carbocycles. The van der Waals surface area contributed by atoms with E-state index >= 15 is 0 Å². The predicted octanol–water partition coefficient (Wildman–Crippen LogP) is 4.35. The Morgan fingerprint density at radius 3 is 2.70 bits per heavy atom. The molecule has 1 aliphatic rings. The number of hydrazone groups is 1. The summed E-state index contributed by atoms with van der Waals surface area (Å²) in [5, 5.41) is 8.14. The third kappa shape index (κ3) is 3.21. The van der Waals surface area contributed by atoms with E-state index < -0.39 is 0 Å². The number of carbonyl (C=O) groups excluding carboxylic acids is 1. The van der Waals surface area contributed by atoms with Gasteiger partial charge in [-0.15, -0.1) is 11.3 Å². The minimum absolute atomic E-state index is 0.161. The molecule has 0 spiro atoms. The van der Waals surface area contributed by atoms with Gasteiger partial charge in [-0.2, -0.15) is 5.10 Å². The summed E-state index contributed by atoms with van der Waals surface area (Å²) in [5.74, 6) is 1.29.